The first-order valence-corrected chi connectivity index (χ1v) is 10.6. The van der Waals surface area contributed by atoms with Crippen LogP contribution in [0.1, 0.15) is 12.8 Å². The number of nitrogens with one attached hydrogen (secondary N) is 1. The van der Waals surface area contributed by atoms with Crippen molar-refractivity contribution in [1.82, 2.24) is 9.97 Å². The molecule has 2 bridgehead atoms. The number of carbonyl (C=O) groups excluding carboxylic acids is 1. The number of amides is 2. The molecule has 0 radical (unpaired) electrons. The summed E-state index contributed by atoms with van der Waals surface area (Å²) in [7, 11) is 4.05. The normalized spacial score (nSPS) is 17.2. The van der Waals surface area contributed by atoms with Gasteiger partial charge in [-0.1, -0.05) is 18.2 Å². The second-order valence-electron chi connectivity index (χ2n) is 8.24. The van der Waals surface area contributed by atoms with Crippen LogP contribution in [0.5, 0.6) is 0 Å². The van der Waals surface area contributed by atoms with Crippen molar-refractivity contribution in [3.63, 3.8) is 0 Å². The number of anilines is 4. The zero-order chi connectivity index (χ0) is 21.4. The highest BCUT2D eigenvalue weighted by Crippen LogP contribution is 2.39. The highest BCUT2D eigenvalue weighted by Gasteiger charge is 2.38. The van der Waals surface area contributed by atoms with Crippen LogP contribution in [-0.4, -0.2) is 49.2 Å². The molecule has 7 nitrogen and oxygen atoms in total. The van der Waals surface area contributed by atoms with Gasteiger partial charge in [-0.15, -0.1) is 0 Å². The maximum atomic E-state index is 13.3. The van der Waals surface area contributed by atoms with Gasteiger partial charge in [0.15, 0.2) is 5.82 Å². The van der Waals surface area contributed by atoms with E-state index < -0.39 is 0 Å². The maximum Gasteiger partial charge on any atom is 0.329 e. The van der Waals surface area contributed by atoms with Gasteiger partial charge in [0.05, 0.1) is 17.4 Å². The summed E-state index contributed by atoms with van der Waals surface area (Å²) in [6, 6.07) is 17.9. The fourth-order valence-corrected chi connectivity index (χ4v) is 4.40. The van der Waals surface area contributed by atoms with Gasteiger partial charge in [-0.25, -0.2) is 14.8 Å². The van der Waals surface area contributed by atoms with Gasteiger partial charge in [0, 0.05) is 44.6 Å². The van der Waals surface area contributed by atoms with Crippen molar-refractivity contribution in [3.8, 4) is 11.3 Å². The van der Waals surface area contributed by atoms with E-state index in [0.717, 1.165) is 54.4 Å². The van der Waals surface area contributed by atoms with Crippen LogP contribution >= 0.6 is 0 Å². The van der Waals surface area contributed by atoms with Crippen molar-refractivity contribution in [3.05, 3.63) is 60.8 Å². The Bertz CT molecular complexity index is 1100. The van der Waals surface area contributed by atoms with Crippen molar-refractivity contribution >= 4 is 29.0 Å². The smallest absolute Gasteiger partial charge is 0.329 e. The number of urea groups is 1. The highest BCUT2D eigenvalue weighted by molar-refractivity contribution is 6.04. The number of hydrogen-bond acceptors (Lipinski definition) is 5. The summed E-state index contributed by atoms with van der Waals surface area (Å²) < 4.78 is 0. The van der Waals surface area contributed by atoms with Crippen LogP contribution in [0, 0.1) is 0 Å². The number of benzene rings is 1. The molecule has 158 valence electrons. The molecule has 1 fully saturated rings. The monoisotopic (exact) mass is 414 g/mol. The zero-order valence-corrected chi connectivity index (χ0v) is 17.8. The molecule has 2 amide bonds. The Balaban J connectivity index is 1.55. The van der Waals surface area contributed by atoms with Crippen molar-refractivity contribution < 1.29 is 4.79 Å². The summed E-state index contributed by atoms with van der Waals surface area (Å²) in [4.78, 5) is 28.8. The molecule has 2 aliphatic heterocycles. The lowest BCUT2D eigenvalue weighted by Gasteiger charge is -2.45. The molecular formula is C24H26N6O. The van der Waals surface area contributed by atoms with Crippen LogP contribution in [0.2, 0.25) is 0 Å². The molecule has 0 saturated carbocycles. The topological polar surface area (TPSA) is 64.6 Å². The summed E-state index contributed by atoms with van der Waals surface area (Å²) in [5.74, 6) is 1.26. The number of nitrogens with zero attached hydrogens (tertiary/aromatic N) is 5. The molecule has 0 aliphatic carbocycles. The number of piperidine rings is 1. The second kappa shape index (κ2) is 7.91. The molecule has 2 aliphatic rings. The Morgan fingerprint density at radius 2 is 2.03 bits per heavy atom. The Kier molecular flexibility index (Phi) is 4.94. The van der Waals surface area contributed by atoms with Crippen LogP contribution < -0.4 is 20.0 Å². The summed E-state index contributed by atoms with van der Waals surface area (Å²) >= 11 is 0. The van der Waals surface area contributed by atoms with E-state index >= 15 is 0 Å². The van der Waals surface area contributed by atoms with E-state index in [0.29, 0.717) is 5.82 Å². The maximum absolute atomic E-state index is 13.3. The Labute approximate surface area is 182 Å². The first kappa shape index (κ1) is 19.4. The Morgan fingerprint density at radius 3 is 2.84 bits per heavy atom. The van der Waals surface area contributed by atoms with Crippen LogP contribution in [0.15, 0.2) is 60.8 Å². The van der Waals surface area contributed by atoms with Crippen molar-refractivity contribution in [1.29, 1.82) is 0 Å². The van der Waals surface area contributed by atoms with Gasteiger partial charge < -0.3 is 9.80 Å². The molecular weight excluding hydrogens is 388 g/mol. The Morgan fingerprint density at radius 1 is 1.13 bits per heavy atom. The minimum atomic E-state index is -0.182. The van der Waals surface area contributed by atoms with E-state index in [9.17, 15) is 4.79 Å². The van der Waals surface area contributed by atoms with E-state index in [1.165, 1.54) is 0 Å². The molecule has 7 heteroatoms. The molecule has 5 rings (SSSR count). The number of hydrogen-bond donors (Lipinski definition) is 1. The van der Waals surface area contributed by atoms with Crippen molar-refractivity contribution in [2.75, 3.05) is 47.2 Å². The standard InChI is InChI=1S/C24H26N6O/c1-28(2)18-8-5-7-17(15-18)20-11-12-21-23(26-20)30(19-9-6-14-29(21)16-19)24(31)27-22-10-3-4-13-25-22/h3-5,7-8,10-13,15,19H,6,9,14,16H2,1-2H3,(H,25,27,31)/t19-/m1/s1. The molecule has 4 heterocycles. The summed E-state index contributed by atoms with van der Waals surface area (Å²) in [6.07, 6.45) is 3.70. The summed E-state index contributed by atoms with van der Waals surface area (Å²) in [5, 5.41) is 2.95. The predicted octanol–water partition coefficient (Wildman–Crippen LogP) is 4.23. The lowest BCUT2D eigenvalue weighted by atomic mass is 9.99. The lowest BCUT2D eigenvalue weighted by Crippen LogP contribution is -2.56. The van der Waals surface area contributed by atoms with E-state index in [-0.39, 0.29) is 12.1 Å². The molecule has 1 N–H and O–H groups in total. The van der Waals surface area contributed by atoms with Gasteiger partial charge in [-0.3, -0.25) is 10.2 Å². The fraction of sp³-hybridized carbons (Fsp3) is 0.292. The molecule has 3 aromatic rings. The number of aromatic nitrogens is 2. The molecule has 1 saturated heterocycles. The lowest BCUT2D eigenvalue weighted by molar-refractivity contribution is 0.252. The van der Waals surface area contributed by atoms with Crippen molar-refractivity contribution in [2.45, 2.75) is 18.9 Å². The fourth-order valence-electron chi connectivity index (χ4n) is 4.40. The van der Waals surface area contributed by atoms with Crippen LogP contribution in [0.4, 0.5) is 27.8 Å². The van der Waals surface area contributed by atoms with Gasteiger partial charge in [0.2, 0.25) is 0 Å². The van der Waals surface area contributed by atoms with Crippen LogP contribution in [-0.2, 0) is 0 Å². The predicted molar refractivity (Wildman–Crippen MR) is 125 cm³/mol. The van der Waals surface area contributed by atoms with E-state index in [2.05, 4.69) is 50.4 Å². The number of pyridine rings is 2. The van der Waals surface area contributed by atoms with Crippen LogP contribution in [0.3, 0.4) is 0 Å². The average Bonchev–Trinajstić information content (AvgIpc) is 2.80. The van der Waals surface area contributed by atoms with E-state index in [1.54, 1.807) is 12.3 Å². The zero-order valence-electron chi connectivity index (χ0n) is 17.8. The van der Waals surface area contributed by atoms with Gasteiger partial charge in [-0.05, 0) is 49.2 Å². The third-order valence-electron chi connectivity index (χ3n) is 5.96. The summed E-state index contributed by atoms with van der Waals surface area (Å²) in [6.45, 7) is 1.83. The average molecular weight is 415 g/mol. The molecule has 1 aromatic carbocycles. The second-order valence-corrected chi connectivity index (χ2v) is 8.24. The molecule has 1 atom stereocenters. The third-order valence-corrected chi connectivity index (χ3v) is 5.96. The first-order valence-electron chi connectivity index (χ1n) is 10.6. The molecule has 2 aromatic heterocycles. The molecule has 31 heavy (non-hydrogen) atoms. The SMILES string of the molecule is CN(C)c1cccc(-c2ccc3c(n2)N(C(=O)Nc2ccccn2)[C@@H]2CCCN3C2)c1. The number of rotatable bonds is 3. The van der Waals surface area contributed by atoms with Gasteiger partial charge >= 0.3 is 6.03 Å². The molecule has 0 unspecified atom stereocenters. The quantitative estimate of drug-likeness (QED) is 0.695. The minimum absolute atomic E-state index is 0.0980. The minimum Gasteiger partial charge on any atom is -0.378 e. The number of fused-ring (bicyclic) bond motifs is 4. The first-order chi connectivity index (χ1) is 15.1. The molecule has 0 spiro atoms. The van der Waals surface area contributed by atoms with Gasteiger partial charge in [0.25, 0.3) is 0 Å². The number of carbonyl (C=O) groups is 1. The van der Waals surface area contributed by atoms with Crippen LogP contribution in [0.25, 0.3) is 11.3 Å². The third kappa shape index (κ3) is 3.67. The Hall–Kier alpha value is -3.61. The summed E-state index contributed by atoms with van der Waals surface area (Å²) in [5.41, 5.74) is 4.02. The van der Waals surface area contributed by atoms with Gasteiger partial charge in [-0.2, -0.15) is 0 Å². The largest absolute Gasteiger partial charge is 0.378 e. The van der Waals surface area contributed by atoms with Gasteiger partial charge in [0.1, 0.15) is 5.82 Å². The highest BCUT2D eigenvalue weighted by atomic mass is 16.2. The van der Waals surface area contributed by atoms with Crippen molar-refractivity contribution in [2.24, 2.45) is 0 Å². The van der Waals surface area contributed by atoms with E-state index in [4.69, 9.17) is 4.98 Å². The van der Waals surface area contributed by atoms with E-state index in [1.807, 2.05) is 37.2 Å².